The Labute approximate surface area is 151 Å². The van der Waals surface area contributed by atoms with Crippen molar-refractivity contribution in [3.63, 3.8) is 0 Å². The Bertz CT molecular complexity index is 1080. The van der Waals surface area contributed by atoms with Gasteiger partial charge in [0.1, 0.15) is 0 Å². The molecule has 0 aliphatic carbocycles. The zero-order valence-corrected chi connectivity index (χ0v) is 14.6. The second-order valence-corrected chi connectivity index (χ2v) is 6.25. The molecule has 2 aromatic carbocycles. The quantitative estimate of drug-likeness (QED) is 0.605. The van der Waals surface area contributed by atoms with Gasteiger partial charge in [0.15, 0.2) is 0 Å². The van der Waals surface area contributed by atoms with E-state index >= 15 is 0 Å². The second kappa shape index (κ2) is 6.44. The predicted molar refractivity (Wildman–Crippen MR) is 102 cm³/mol. The van der Waals surface area contributed by atoms with Crippen LogP contribution in [0.25, 0.3) is 17.0 Å². The maximum Gasteiger partial charge on any atom is 0.255 e. The van der Waals surface area contributed by atoms with Gasteiger partial charge in [-0.2, -0.15) is 0 Å². The van der Waals surface area contributed by atoms with E-state index in [4.69, 9.17) is 0 Å². The number of hydrogen-bond acceptors (Lipinski definition) is 3. The molecular weight excluding hydrogens is 324 g/mol. The molecule has 5 heteroatoms. The minimum atomic E-state index is -0.111. The number of carbonyl (C=O) groups is 1. The van der Waals surface area contributed by atoms with E-state index in [1.807, 2.05) is 79.2 Å². The SMILES string of the molecule is Cc1ccc(-c2cn3cccnc3n2)cc1NC(=O)c1ccccc1C. The molecule has 0 saturated carbocycles. The van der Waals surface area contributed by atoms with Crippen LogP contribution in [-0.2, 0) is 0 Å². The summed E-state index contributed by atoms with van der Waals surface area (Å²) < 4.78 is 1.88. The summed E-state index contributed by atoms with van der Waals surface area (Å²) in [6.07, 6.45) is 5.56. The number of fused-ring (bicyclic) bond motifs is 1. The zero-order chi connectivity index (χ0) is 18.1. The molecule has 0 bridgehead atoms. The fourth-order valence-corrected chi connectivity index (χ4v) is 2.90. The molecule has 5 nitrogen and oxygen atoms in total. The highest BCUT2D eigenvalue weighted by atomic mass is 16.1. The zero-order valence-electron chi connectivity index (χ0n) is 14.6. The number of aromatic nitrogens is 3. The average Bonchev–Trinajstić information content (AvgIpc) is 3.08. The molecule has 128 valence electrons. The average molecular weight is 342 g/mol. The molecular formula is C21H18N4O. The lowest BCUT2D eigenvalue weighted by Gasteiger charge is -2.11. The number of anilines is 1. The molecule has 4 rings (SSSR count). The van der Waals surface area contributed by atoms with Crippen LogP contribution >= 0.6 is 0 Å². The van der Waals surface area contributed by atoms with Gasteiger partial charge in [-0.3, -0.25) is 9.20 Å². The molecule has 0 spiro atoms. The van der Waals surface area contributed by atoms with E-state index in [-0.39, 0.29) is 5.91 Å². The van der Waals surface area contributed by atoms with Crippen molar-refractivity contribution >= 4 is 17.4 Å². The van der Waals surface area contributed by atoms with E-state index in [2.05, 4.69) is 15.3 Å². The van der Waals surface area contributed by atoms with Crippen molar-refractivity contribution in [2.45, 2.75) is 13.8 Å². The Kier molecular flexibility index (Phi) is 3.97. The minimum Gasteiger partial charge on any atom is -0.322 e. The maximum absolute atomic E-state index is 12.6. The summed E-state index contributed by atoms with van der Waals surface area (Å²) in [6.45, 7) is 3.91. The summed E-state index contributed by atoms with van der Waals surface area (Å²) in [6, 6.07) is 15.4. The first-order chi connectivity index (χ1) is 12.6. The van der Waals surface area contributed by atoms with E-state index < -0.39 is 0 Å². The number of nitrogens with one attached hydrogen (secondary N) is 1. The molecule has 26 heavy (non-hydrogen) atoms. The van der Waals surface area contributed by atoms with Gasteiger partial charge in [0.25, 0.3) is 5.91 Å². The molecule has 1 N–H and O–H groups in total. The summed E-state index contributed by atoms with van der Waals surface area (Å²) in [4.78, 5) is 21.4. The third-order valence-corrected chi connectivity index (χ3v) is 4.41. The van der Waals surface area contributed by atoms with E-state index in [1.54, 1.807) is 6.20 Å². The Hall–Kier alpha value is -3.47. The third kappa shape index (κ3) is 2.95. The van der Waals surface area contributed by atoms with Gasteiger partial charge in [0, 0.05) is 35.4 Å². The number of nitrogens with zero attached hydrogens (tertiary/aromatic N) is 3. The number of imidazole rings is 1. The second-order valence-electron chi connectivity index (χ2n) is 6.25. The van der Waals surface area contributed by atoms with Gasteiger partial charge in [0.05, 0.1) is 5.69 Å². The van der Waals surface area contributed by atoms with Crippen LogP contribution in [0.2, 0.25) is 0 Å². The summed E-state index contributed by atoms with van der Waals surface area (Å²) >= 11 is 0. The van der Waals surface area contributed by atoms with Gasteiger partial charge in [-0.1, -0.05) is 30.3 Å². The van der Waals surface area contributed by atoms with Crippen LogP contribution in [-0.4, -0.2) is 20.3 Å². The lowest BCUT2D eigenvalue weighted by molar-refractivity contribution is 0.102. The van der Waals surface area contributed by atoms with Crippen molar-refractivity contribution in [2.75, 3.05) is 5.32 Å². The highest BCUT2D eigenvalue weighted by Gasteiger charge is 2.12. The number of aryl methyl sites for hydroxylation is 2. The van der Waals surface area contributed by atoms with Gasteiger partial charge >= 0.3 is 0 Å². The topological polar surface area (TPSA) is 59.3 Å². The Balaban J connectivity index is 1.68. The highest BCUT2D eigenvalue weighted by Crippen LogP contribution is 2.25. The number of rotatable bonds is 3. The Morgan fingerprint density at radius 1 is 1.04 bits per heavy atom. The normalized spacial score (nSPS) is 10.8. The van der Waals surface area contributed by atoms with Crippen LogP contribution in [0.1, 0.15) is 21.5 Å². The molecule has 0 atom stereocenters. The lowest BCUT2D eigenvalue weighted by atomic mass is 10.1. The first-order valence-corrected chi connectivity index (χ1v) is 8.39. The van der Waals surface area contributed by atoms with Crippen molar-refractivity contribution in [3.8, 4) is 11.3 Å². The molecule has 0 aliphatic heterocycles. The molecule has 0 fully saturated rings. The molecule has 0 saturated heterocycles. The number of hydrogen-bond donors (Lipinski definition) is 1. The van der Waals surface area contributed by atoms with Gasteiger partial charge in [-0.05, 0) is 43.2 Å². The standard InChI is InChI=1S/C21H18N4O/c1-14-6-3-4-7-17(14)20(26)23-18-12-16(9-8-15(18)2)19-13-25-11-5-10-22-21(25)24-19/h3-13H,1-2H3,(H,23,26). The lowest BCUT2D eigenvalue weighted by Crippen LogP contribution is -2.14. The van der Waals surface area contributed by atoms with Crippen LogP contribution in [0.5, 0.6) is 0 Å². The van der Waals surface area contributed by atoms with E-state index in [1.165, 1.54) is 0 Å². The molecule has 2 aromatic heterocycles. The van der Waals surface area contributed by atoms with Crippen molar-refractivity contribution in [3.05, 3.63) is 83.8 Å². The van der Waals surface area contributed by atoms with Crippen molar-refractivity contribution in [2.24, 2.45) is 0 Å². The van der Waals surface area contributed by atoms with Crippen molar-refractivity contribution in [1.82, 2.24) is 14.4 Å². The summed E-state index contributed by atoms with van der Waals surface area (Å²) in [7, 11) is 0. The Morgan fingerprint density at radius 2 is 1.88 bits per heavy atom. The monoisotopic (exact) mass is 342 g/mol. The first kappa shape index (κ1) is 16.0. The summed E-state index contributed by atoms with van der Waals surface area (Å²) in [5, 5.41) is 3.02. The largest absolute Gasteiger partial charge is 0.322 e. The van der Waals surface area contributed by atoms with E-state index in [9.17, 15) is 4.79 Å². The molecule has 2 heterocycles. The fourth-order valence-electron chi connectivity index (χ4n) is 2.90. The van der Waals surface area contributed by atoms with Crippen molar-refractivity contribution in [1.29, 1.82) is 0 Å². The van der Waals surface area contributed by atoms with E-state index in [0.717, 1.165) is 28.1 Å². The van der Waals surface area contributed by atoms with Gasteiger partial charge in [0.2, 0.25) is 5.78 Å². The van der Waals surface area contributed by atoms with Crippen molar-refractivity contribution < 1.29 is 4.79 Å². The first-order valence-electron chi connectivity index (χ1n) is 8.39. The van der Waals surface area contributed by atoms with Gasteiger partial charge in [-0.25, -0.2) is 9.97 Å². The van der Waals surface area contributed by atoms with Crippen LogP contribution in [0, 0.1) is 13.8 Å². The number of benzene rings is 2. The predicted octanol–water partition coefficient (Wildman–Crippen LogP) is 4.27. The van der Waals surface area contributed by atoms with E-state index in [0.29, 0.717) is 11.3 Å². The smallest absolute Gasteiger partial charge is 0.255 e. The molecule has 0 unspecified atom stereocenters. The molecule has 1 amide bonds. The van der Waals surface area contributed by atoms with Crippen LogP contribution in [0.3, 0.4) is 0 Å². The van der Waals surface area contributed by atoms with Crippen LogP contribution < -0.4 is 5.32 Å². The molecule has 4 aromatic rings. The highest BCUT2D eigenvalue weighted by molar-refractivity contribution is 6.05. The van der Waals surface area contributed by atoms with Gasteiger partial charge in [-0.15, -0.1) is 0 Å². The number of amides is 1. The third-order valence-electron chi connectivity index (χ3n) is 4.41. The minimum absolute atomic E-state index is 0.111. The van der Waals surface area contributed by atoms with Crippen LogP contribution in [0.4, 0.5) is 5.69 Å². The fraction of sp³-hybridized carbons (Fsp3) is 0.0952. The van der Waals surface area contributed by atoms with Gasteiger partial charge < -0.3 is 5.32 Å². The maximum atomic E-state index is 12.6. The number of carbonyl (C=O) groups excluding carboxylic acids is 1. The Morgan fingerprint density at radius 3 is 2.69 bits per heavy atom. The molecule has 0 aliphatic rings. The van der Waals surface area contributed by atoms with Crippen LogP contribution in [0.15, 0.2) is 67.1 Å². The molecule has 0 radical (unpaired) electrons. The summed E-state index contributed by atoms with van der Waals surface area (Å²) in [5.41, 5.74) is 5.15. The summed E-state index contributed by atoms with van der Waals surface area (Å²) in [5.74, 6) is 0.536.